The SMILES string of the molecule is CC1(C)CCC(C)(C)c2cc3c(cc21)c1cc2ccccc2cc1n3-c1cccc(Br)c1. The predicted octanol–water partition coefficient (Wildman–Crippen LogP) is 9.05. The van der Waals surface area contributed by atoms with Crippen molar-refractivity contribution < 1.29 is 0 Å². The molecule has 0 saturated heterocycles. The van der Waals surface area contributed by atoms with Gasteiger partial charge in [0.15, 0.2) is 0 Å². The highest BCUT2D eigenvalue weighted by Gasteiger charge is 2.37. The Morgan fingerprint density at radius 1 is 0.656 bits per heavy atom. The summed E-state index contributed by atoms with van der Waals surface area (Å²) in [6.45, 7) is 9.65. The minimum absolute atomic E-state index is 0.183. The molecule has 1 heterocycles. The predicted molar refractivity (Wildman–Crippen MR) is 141 cm³/mol. The van der Waals surface area contributed by atoms with Crippen molar-refractivity contribution in [3.63, 3.8) is 0 Å². The molecule has 0 aliphatic heterocycles. The van der Waals surface area contributed by atoms with Crippen molar-refractivity contribution >= 4 is 48.5 Å². The molecule has 5 aromatic rings. The van der Waals surface area contributed by atoms with Crippen LogP contribution in [0.3, 0.4) is 0 Å². The summed E-state index contributed by atoms with van der Waals surface area (Å²) in [6, 6.07) is 27.1. The van der Waals surface area contributed by atoms with E-state index in [9.17, 15) is 0 Å². The standard InChI is InChI=1S/C30H28BrN/c1-29(2)12-13-30(3,4)26-18-28-24(17-25(26)29)23-14-19-8-5-6-9-20(19)15-27(23)32(28)22-11-7-10-21(31)16-22/h5-11,14-18H,12-13H2,1-4H3. The number of hydrogen-bond donors (Lipinski definition) is 0. The molecule has 160 valence electrons. The molecular weight excluding hydrogens is 454 g/mol. The minimum Gasteiger partial charge on any atom is -0.309 e. The van der Waals surface area contributed by atoms with Gasteiger partial charge in [-0.3, -0.25) is 0 Å². The van der Waals surface area contributed by atoms with E-state index in [0.717, 1.165) is 4.47 Å². The highest BCUT2D eigenvalue weighted by Crippen LogP contribution is 2.48. The van der Waals surface area contributed by atoms with E-state index >= 15 is 0 Å². The lowest BCUT2D eigenvalue weighted by Gasteiger charge is -2.42. The average Bonchev–Trinajstić information content (AvgIpc) is 3.07. The van der Waals surface area contributed by atoms with Gasteiger partial charge in [-0.1, -0.05) is 74.0 Å². The van der Waals surface area contributed by atoms with Crippen molar-refractivity contribution in [3.8, 4) is 5.69 Å². The Labute approximate surface area is 198 Å². The topological polar surface area (TPSA) is 4.93 Å². The summed E-state index contributed by atoms with van der Waals surface area (Å²) in [5, 5.41) is 5.27. The fraction of sp³-hybridized carbons (Fsp3) is 0.267. The lowest BCUT2D eigenvalue weighted by Crippen LogP contribution is -2.33. The highest BCUT2D eigenvalue weighted by atomic mass is 79.9. The molecular formula is C30H28BrN. The van der Waals surface area contributed by atoms with Crippen LogP contribution in [-0.4, -0.2) is 4.57 Å². The summed E-state index contributed by atoms with van der Waals surface area (Å²) >= 11 is 3.70. The first kappa shape index (κ1) is 20.1. The first-order valence-corrected chi connectivity index (χ1v) is 12.3. The molecule has 1 nitrogen and oxygen atoms in total. The maximum Gasteiger partial charge on any atom is 0.0547 e. The van der Waals surface area contributed by atoms with Gasteiger partial charge in [-0.05, 0) is 88.0 Å². The molecule has 1 aliphatic carbocycles. The van der Waals surface area contributed by atoms with E-state index in [-0.39, 0.29) is 10.8 Å². The summed E-state index contributed by atoms with van der Waals surface area (Å²) in [6.07, 6.45) is 2.45. The first-order valence-electron chi connectivity index (χ1n) is 11.5. The Kier molecular flexibility index (Phi) is 4.21. The maximum absolute atomic E-state index is 3.70. The van der Waals surface area contributed by atoms with E-state index in [1.807, 2.05) is 0 Å². The van der Waals surface area contributed by atoms with E-state index in [4.69, 9.17) is 0 Å². The van der Waals surface area contributed by atoms with E-state index in [2.05, 4.69) is 121 Å². The Morgan fingerprint density at radius 2 is 1.25 bits per heavy atom. The van der Waals surface area contributed by atoms with Gasteiger partial charge in [0.25, 0.3) is 0 Å². The van der Waals surface area contributed by atoms with E-state index in [1.54, 1.807) is 0 Å². The van der Waals surface area contributed by atoms with Crippen molar-refractivity contribution in [2.45, 2.75) is 51.4 Å². The van der Waals surface area contributed by atoms with Gasteiger partial charge in [-0.15, -0.1) is 0 Å². The molecule has 0 atom stereocenters. The van der Waals surface area contributed by atoms with Gasteiger partial charge < -0.3 is 4.57 Å². The first-order chi connectivity index (χ1) is 15.2. The summed E-state index contributed by atoms with van der Waals surface area (Å²) in [4.78, 5) is 0. The Balaban J connectivity index is 1.82. The smallest absolute Gasteiger partial charge is 0.0547 e. The molecule has 0 saturated carbocycles. The fourth-order valence-electron chi connectivity index (χ4n) is 5.66. The van der Waals surface area contributed by atoms with Crippen molar-refractivity contribution in [2.24, 2.45) is 0 Å². The molecule has 0 unspecified atom stereocenters. The van der Waals surface area contributed by atoms with E-state index in [1.165, 1.54) is 62.2 Å². The second-order valence-corrected chi connectivity index (χ2v) is 11.6. The van der Waals surface area contributed by atoms with Crippen LogP contribution in [0.15, 0.2) is 77.3 Å². The number of rotatable bonds is 1. The van der Waals surface area contributed by atoms with Crippen LogP contribution in [0.1, 0.15) is 51.7 Å². The van der Waals surface area contributed by atoms with Crippen LogP contribution in [0.2, 0.25) is 0 Å². The van der Waals surface area contributed by atoms with Crippen LogP contribution in [0, 0.1) is 0 Å². The number of benzene rings is 4. The van der Waals surface area contributed by atoms with Gasteiger partial charge in [0.1, 0.15) is 0 Å². The molecule has 0 spiro atoms. The molecule has 0 amide bonds. The van der Waals surface area contributed by atoms with Gasteiger partial charge in [-0.2, -0.15) is 0 Å². The molecule has 2 heteroatoms. The van der Waals surface area contributed by atoms with E-state index < -0.39 is 0 Å². The van der Waals surface area contributed by atoms with Crippen LogP contribution in [-0.2, 0) is 10.8 Å². The van der Waals surface area contributed by atoms with Gasteiger partial charge in [0, 0.05) is 20.9 Å². The van der Waals surface area contributed by atoms with Crippen molar-refractivity contribution in [2.75, 3.05) is 0 Å². The van der Waals surface area contributed by atoms with Crippen molar-refractivity contribution in [1.29, 1.82) is 0 Å². The molecule has 1 aromatic heterocycles. The average molecular weight is 482 g/mol. The second kappa shape index (κ2) is 6.71. The Hall–Kier alpha value is -2.58. The van der Waals surface area contributed by atoms with Gasteiger partial charge >= 0.3 is 0 Å². The van der Waals surface area contributed by atoms with E-state index in [0.29, 0.717) is 0 Å². The van der Waals surface area contributed by atoms with Gasteiger partial charge in [0.05, 0.1) is 11.0 Å². The molecule has 4 aromatic carbocycles. The van der Waals surface area contributed by atoms with Gasteiger partial charge in [0.2, 0.25) is 0 Å². The van der Waals surface area contributed by atoms with Crippen molar-refractivity contribution in [1.82, 2.24) is 4.57 Å². The second-order valence-electron chi connectivity index (χ2n) is 10.7. The van der Waals surface area contributed by atoms with Crippen LogP contribution < -0.4 is 0 Å². The summed E-state index contributed by atoms with van der Waals surface area (Å²) in [5.74, 6) is 0. The number of aromatic nitrogens is 1. The van der Waals surface area contributed by atoms with Crippen LogP contribution in [0.4, 0.5) is 0 Å². The maximum atomic E-state index is 3.70. The van der Waals surface area contributed by atoms with Crippen LogP contribution >= 0.6 is 15.9 Å². The fourth-order valence-corrected chi connectivity index (χ4v) is 6.04. The third-order valence-corrected chi connectivity index (χ3v) is 8.16. The summed E-state index contributed by atoms with van der Waals surface area (Å²) in [7, 11) is 0. The third-order valence-electron chi connectivity index (χ3n) is 7.67. The molecule has 0 bridgehead atoms. The lowest BCUT2D eigenvalue weighted by molar-refractivity contribution is 0.332. The lowest BCUT2D eigenvalue weighted by atomic mass is 9.63. The molecule has 1 aliphatic rings. The molecule has 0 N–H and O–H groups in total. The summed E-state index contributed by atoms with van der Waals surface area (Å²) in [5.41, 5.74) is 7.17. The van der Waals surface area contributed by atoms with Crippen LogP contribution in [0.5, 0.6) is 0 Å². The third kappa shape index (κ3) is 2.89. The quantitative estimate of drug-likeness (QED) is 0.225. The number of hydrogen-bond acceptors (Lipinski definition) is 0. The molecule has 6 rings (SSSR count). The highest BCUT2D eigenvalue weighted by molar-refractivity contribution is 9.10. The summed E-state index contributed by atoms with van der Waals surface area (Å²) < 4.78 is 3.56. The zero-order valence-corrected chi connectivity index (χ0v) is 20.8. The Morgan fingerprint density at radius 3 is 1.94 bits per heavy atom. The zero-order chi connectivity index (χ0) is 22.3. The number of fused-ring (bicyclic) bond motifs is 5. The largest absolute Gasteiger partial charge is 0.309 e. The molecule has 0 fully saturated rings. The number of nitrogens with zero attached hydrogens (tertiary/aromatic N) is 1. The van der Waals surface area contributed by atoms with Crippen LogP contribution in [0.25, 0.3) is 38.3 Å². The Bertz CT molecular complexity index is 1530. The van der Waals surface area contributed by atoms with Gasteiger partial charge in [-0.25, -0.2) is 0 Å². The normalized spacial score (nSPS) is 17.2. The monoisotopic (exact) mass is 481 g/mol. The molecule has 0 radical (unpaired) electrons. The number of halogens is 1. The zero-order valence-electron chi connectivity index (χ0n) is 19.2. The van der Waals surface area contributed by atoms with Crippen molar-refractivity contribution in [3.05, 3.63) is 88.4 Å². The molecule has 32 heavy (non-hydrogen) atoms. The minimum atomic E-state index is 0.183.